The van der Waals surface area contributed by atoms with Crippen molar-refractivity contribution in [2.45, 2.75) is 32.1 Å². The van der Waals surface area contributed by atoms with Crippen LogP contribution >= 0.6 is 22.9 Å². The first-order valence-corrected chi connectivity index (χ1v) is 7.54. The van der Waals surface area contributed by atoms with Crippen molar-refractivity contribution in [1.82, 2.24) is 10.2 Å². The van der Waals surface area contributed by atoms with Crippen LogP contribution in [0.2, 0.25) is 0 Å². The minimum absolute atomic E-state index is 0.0656. The summed E-state index contributed by atoms with van der Waals surface area (Å²) < 4.78 is 11.1. The molecule has 0 aliphatic heterocycles. The number of aromatic nitrogens is 2. The molecule has 0 atom stereocenters. The SMILES string of the molecule is COc1ccc(Oc2nnc(CCl)s2)c(C(C)(C)C)c1. The molecule has 1 aromatic heterocycles. The highest BCUT2D eigenvalue weighted by atomic mass is 35.5. The zero-order valence-corrected chi connectivity index (χ0v) is 13.5. The number of alkyl halides is 1. The quantitative estimate of drug-likeness (QED) is 0.786. The van der Waals surface area contributed by atoms with Crippen LogP contribution < -0.4 is 9.47 Å². The molecule has 0 radical (unpaired) electrons. The minimum Gasteiger partial charge on any atom is -0.497 e. The normalized spacial score (nSPS) is 11.4. The first kappa shape index (κ1) is 15.1. The maximum absolute atomic E-state index is 5.85. The summed E-state index contributed by atoms with van der Waals surface area (Å²) in [6, 6.07) is 5.74. The molecule has 0 aliphatic carbocycles. The fourth-order valence-electron chi connectivity index (χ4n) is 1.74. The van der Waals surface area contributed by atoms with E-state index < -0.39 is 0 Å². The lowest BCUT2D eigenvalue weighted by atomic mass is 9.86. The molecule has 1 aromatic carbocycles. The summed E-state index contributed by atoms with van der Waals surface area (Å²) >= 11 is 7.07. The standard InChI is InChI=1S/C14H17ClN2O2S/c1-14(2,3)10-7-9(18-4)5-6-11(10)19-13-17-16-12(8-15)20-13/h5-7H,8H2,1-4H3. The Hall–Kier alpha value is -1.33. The molecule has 2 aromatic rings. The third kappa shape index (κ3) is 3.41. The van der Waals surface area contributed by atoms with Crippen molar-refractivity contribution < 1.29 is 9.47 Å². The van der Waals surface area contributed by atoms with E-state index in [1.54, 1.807) is 7.11 Å². The van der Waals surface area contributed by atoms with E-state index in [9.17, 15) is 0 Å². The van der Waals surface area contributed by atoms with Gasteiger partial charge in [0.05, 0.1) is 13.0 Å². The van der Waals surface area contributed by atoms with Gasteiger partial charge in [0, 0.05) is 5.56 Å². The Balaban J connectivity index is 2.35. The molecule has 0 bridgehead atoms. The van der Waals surface area contributed by atoms with Crippen molar-refractivity contribution in [3.63, 3.8) is 0 Å². The first-order chi connectivity index (χ1) is 9.44. The lowest BCUT2D eigenvalue weighted by molar-refractivity contribution is 0.406. The van der Waals surface area contributed by atoms with Crippen molar-refractivity contribution >= 4 is 22.9 Å². The van der Waals surface area contributed by atoms with Gasteiger partial charge in [-0.15, -0.1) is 16.7 Å². The summed E-state index contributed by atoms with van der Waals surface area (Å²) in [4.78, 5) is 0. The Labute approximate surface area is 127 Å². The minimum atomic E-state index is -0.0656. The number of rotatable bonds is 4. The number of hydrogen-bond donors (Lipinski definition) is 0. The van der Waals surface area contributed by atoms with Gasteiger partial charge in [0.15, 0.2) is 0 Å². The van der Waals surface area contributed by atoms with Crippen LogP contribution in [0.25, 0.3) is 0 Å². The van der Waals surface area contributed by atoms with E-state index in [2.05, 4.69) is 31.0 Å². The van der Waals surface area contributed by atoms with E-state index in [0.29, 0.717) is 11.1 Å². The lowest BCUT2D eigenvalue weighted by Crippen LogP contribution is -2.12. The van der Waals surface area contributed by atoms with Gasteiger partial charge in [0.1, 0.15) is 16.5 Å². The Kier molecular flexibility index (Phi) is 4.50. The van der Waals surface area contributed by atoms with Gasteiger partial charge >= 0.3 is 0 Å². The second-order valence-corrected chi connectivity index (χ2v) is 6.60. The van der Waals surface area contributed by atoms with E-state index in [1.165, 1.54) is 11.3 Å². The summed E-state index contributed by atoms with van der Waals surface area (Å²) in [5, 5.41) is 9.16. The van der Waals surface area contributed by atoms with Crippen molar-refractivity contribution in [2.24, 2.45) is 0 Å². The lowest BCUT2D eigenvalue weighted by Gasteiger charge is -2.22. The summed E-state index contributed by atoms with van der Waals surface area (Å²) in [6.07, 6.45) is 0. The van der Waals surface area contributed by atoms with Gasteiger partial charge in [-0.2, -0.15) is 0 Å². The number of ether oxygens (including phenoxy) is 2. The van der Waals surface area contributed by atoms with Crippen LogP contribution in [0.15, 0.2) is 18.2 Å². The van der Waals surface area contributed by atoms with E-state index in [4.69, 9.17) is 21.1 Å². The molecule has 6 heteroatoms. The highest BCUT2D eigenvalue weighted by Crippen LogP contribution is 2.37. The Bertz CT molecular complexity index is 593. The number of benzene rings is 1. The van der Waals surface area contributed by atoms with Crippen LogP contribution in [-0.4, -0.2) is 17.3 Å². The molecule has 20 heavy (non-hydrogen) atoms. The van der Waals surface area contributed by atoms with E-state index in [1.807, 2.05) is 18.2 Å². The van der Waals surface area contributed by atoms with Gasteiger partial charge in [0.2, 0.25) is 0 Å². The molecule has 0 amide bonds. The molecular weight excluding hydrogens is 296 g/mol. The van der Waals surface area contributed by atoms with Gasteiger partial charge < -0.3 is 9.47 Å². The fourth-order valence-corrected chi connectivity index (χ4v) is 2.51. The molecule has 0 aliphatic rings. The van der Waals surface area contributed by atoms with Crippen LogP contribution in [0.3, 0.4) is 0 Å². The van der Waals surface area contributed by atoms with Crippen LogP contribution in [0, 0.1) is 0 Å². The zero-order valence-electron chi connectivity index (χ0n) is 11.9. The monoisotopic (exact) mass is 312 g/mol. The molecule has 108 valence electrons. The van der Waals surface area contributed by atoms with Crippen LogP contribution in [0.1, 0.15) is 31.3 Å². The average molecular weight is 313 g/mol. The number of halogens is 1. The fraction of sp³-hybridized carbons (Fsp3) is 0.429. The maximum atomic E-state index is 5.85. The molecule has 0 N–H and O–H groups in total. The molecule has 0 saturated carbocycles. The average Bonchev–Trinajstić information content (AvgIpc) is 2.85. The summed E-state index contributed by atoms with van der Waals surface area (Å²) in [7, 11) is 1.65. The van der Waals surface area contributed by atoms with Crippen molar-refractivity contribution in [3.8, 4) is 16.7 Å². The third-order valence-electron chi connectivity index (χ3n) is 2.75. The molecule has 2 rings (SSSR count). The molecule has 0 fully saturated rings. The van der Waals surface area contributed by atoms with Gasteiger partial charge in [-0.1, -0.05) is 37.2 Å². The van der Waals surface area contributed by atoms with Gasteiger partial charge in [-0.05, 0) is 23.6 Å². The van der Waals surface area contributed by atoms with Gasteiger partial charge in [0.25, 0.3) is 5.19 Å². The Morgan fingerprint density at radius 3 is 2.55 bits per heavy atom. The second kappa shape index (κ2) is 5.97. The smallest absolute Gasteiger partial charge is 0.299 e. The van der Waals surface area contributed by atoms with E-state index in [0.717, 1.165) is 22.1 Å². The molecule has 0 unspecified atom stereocenters. The predicted octanol–water partition coefficient (Wildman–Crippen LogP) is 4.38. The third-order valence-corrected chi connectivity index (χ3v) is 3.97. The van der Waals surface area contributed by atoms with Crippen molar-refractivity contribution in [2.75, 3.05) is 7.11 Å². The second-order valence-electron chi connectivity index (χ2n) is 5.31. The maximum Gasteiger partial charge on any atom is 0.299 e. The molecule has 4 nitrogen and oxygen atoms in total. The summed E-state index contributed by atoms with van der Waals surface area (Å²) in [5.41, 5.74) is 0.989. The topological polar surface area (TPSA) is 44.2 Å². The summed E-state index contributed by atoms with van der Waals surface area (Å²) in [5.74, 6) is 1.91. The predicted molar refractivity (Wildman–Crippen MR) is 81.2 cm³/mol. The van der Waals surface area contributed by atoms with E-state index >= 15 is 0 Å². The highest BCUT2D eigenvalue weighted by molar-refractivity contribution is 7.13. The van der Waals surface area contributed by atoms with Gasteiger partial charge in [-0.25, -0.2) is 0 Å². The molecule has 0 saturated heterocycles. The number of methoxy groups -OCH3 is 1. The Morgan fingerprint density at radius 1 is 1.25 bits per heavy atom. The summed E-state index contributed by atoms with van der Waals surface area (Å²) in [6.45, 7) is 6.37. The van der Waals surface area contributed by atoms with Crippen LogP contribution in [0.4, 0.5) is 0 Å². The largest absolute Gasteiger partial charge is 0.497 e. The van der Waals surface area contributed by atoms with E-state index in [-0.39, 0.29) is 5.41 Å². The number of hydrogen-bond acceptors (Lipinski definition) is 5. The zero-order chi connectivity index (χ0) is 14.8. The molecular formula is C14H17ClN2O2S. The Morgan fingerprint density at radius 2 is 2.00 bits per heavy atom. The number of nitrogens with zero attached hydrogens (tertiary/aromatic N) is 2. The molecule has 0 spiro atoms. The van der Waals surface area contributed by atoms with Crippen LogP contribution in [-0.2, 0) is 11.3 Å². The first-order valence-electron chi connectivity index (χ1n) is 6.18. The van der Waals surface area contributed by atoms with Crippen molar-refractivity contribution in [1.29, 1.82) is 0 Å². The highest BCUT2D eigenvalue weighted by Gasteiger charge is 2.21. The van der Waals surface area contributed by atoms with Crippen molar-refractivity contribution in [3.05, 3.63) is 28.8 Å². The molecule has 1 heterocycles. The van der Waals surface area contributed by atoms with Gasteiger partial charge in [-0.3, -0.25) is 0 Å². The van der Waals surface area contributed by atoms with Crippen LogP contribution in [0.5, 0.6) is 16.7 Å².